The van der Waals surface area contributed by atoms with Gasteiger partial charge in [0.1, 0.15) is 0 Å². The van der Waals surface area contributed by atoms with E-state index >= 15 is 0 Å². The Balaban J connectivity index is 2.36. The van der Waals surface area contributed by atoms with Crippen LogP contribution in [0.4, 0.5) is 0 Å². The largest absolute Gasteiger partial charge is 0.109 e. The van der Waals surface area contributed by atoms with Crippen LogP contribution in [0.25, 0.3) is 0 Å². The van der Waals surface area contributed by atoms with Crippen molar-refractivity contribution in [1.82, 2.24) is 0 Å². The monoisotopic (exact) mass is 232 g/mol. The van der Waals surface area contributed by atoms with E-state index < -0.39 is 4.44 Å². The fraction of sp³-hybridized carbons (Fsp3) is 0.250. The van der Waals surface area contributed by atoms with Gasteiger partial charge in [-0.15, -0.1) is 22.8 Å². The molecule has 2 rings (SSSR count). The van der Waals surface area contributed by atoms with Crippen LogP contribution in [0.3, 0.4) is 0 Å². The summed E-state index contributed by atoms with van der Waals surface area (Å²) < 4.78 is -1.26. The van der Waals surface area contributed by atoms with Gasteiger partial charge in [-0.3, -0.25) is 0 Å². The molecule has 0 spiro atoms. The standard InChI is InChI=1S/C8H9PS3/c10-9(11-6-7-12-9)8-4-2-1-3-5-8/h1-5H,6-7H2. The fourth-order valence-electron chi connectivity index (χ4n) is 1.11. The van der Waals surface area contributed by atoms with Gasteiger partial charge in [-0.25, -0.2) is 0 Å². The van der Waals surface area contributed by atoms with Crippen LogP contribution in [0.2, 0.25) is 0 Å². The molecular weight excluding hydrogens is 223 g/mol. The molecule has 1 fully saturated rings. The molecule has 4 heteroatoms. The summed E-state index contributed by atoms with van der Waals surface area (Å²) in [5.41, 5.74) is 0. The molecule has 1 aliphatic heterocycles. The van der Waals surface area contributed by atoms with E-state index in [0.717, 1.165) is 0 Å². The molecule has 0 N–H and O–H groups in total. The third kappa shape index (κ3) is 1.74. The molecular formula is C8H9PS3. The van der Waals surface area contributed by atoms with Crippen LogP contribution in [0.15, 0.2) is 30.3 Å². The first-order chi connectivity index (χ1) is 5.81. The van der Waals surface area contributed by atoms with Crippen molar-refractivity contribution in [3.63, 3.8) is 0 Å². The van der Waals surface area contributed by atoms with Gasteiger partial charge >= 0.3 is 0 Å². The highest BCUT2D eigenvalue weighted by atomic mass is 33.2. The van der Waals surface area contributed by atoms with Crippen LogP contribution in [-0.4, -0.2) is 11.5 Å². The molecule has 0 aromatic heterocycles. The second kappa shape index (κ2) is 3.75. The zero-order valence-electron chi connectivity index (χ0n) is 6.47. The Morgan fingerprint density at radius 3 is 2.25 bits per heavy atom. The minimum Gasteiger partial charge on any atom is -0.109 e. The lowest BCUT2D eigenvalue weighted by molar-refractivity contribution is 1.59. The summed E-state index contributed by atoms with van der Waals surface area (Å²) in [5.74, 6) is 2.47. The molecule has 1 aromatic carbocycles. The summed E-state index contributed by atoms with van der Waals surface area (Å²) in [5, 5.41) is 1.38. The van der Waals surface area contributed by atoms with Crippen molar-refractivity contribution < 1.29 is 0 Å². The van der Waals surface area contributed by atoms with Crippen LogP contribution < -0.4 is 5.30 Å². The Morgan fingerprint density at radius 2 is 1.67 bits per heavy atom. The van der Waals surface area contributed by atoms with E-state index in [9.17, 15) is 0 Å². The van der Waals surface area contributed by atoms with E-state index in [2.05, 4.69) is 30.3 Å². The Hall–Kier alpha value is 0.570. The van der Waals surface area contributed by atoms with Gasteiger partial charge in [0.25, 0.3) is 0 Å². The lowest BCUT2D eigenvalue weighted by atomic mass is 10.4. The van der Waals surface area contributed by atoms with E-state index in [1.165, 1.54) is 16.8 Å². The third-order valence-corrected chi connectivity index (χ3v) is 13.1. The summed E-state index contributed by atoms with van der Waals surface area (Å²) >= 11 is 9.64. The SMILES string of the molecule is S=P1(c2ccccc2)SCCS1. The zero-order valence-corrected chi connectivity index (χ0v) is 9.82. The average Bonchev–Trinajstić information content (AvgIpc) is 2.55. The Bertz CT molecular complexity index is 299. The van der Waals surface area contributed by atoms with Gasteiger partial charge in [0.15, 0.2) is 0 Å². The Morgan fingerprint density at radius 1 is 1.08 bits per heavy atom. The molecule has 0 radical (unpaired) electrons. The molecule has 0 saturated carbocycles. The molecule has 0 nitrogen and oxygen atoms in total. The van der Waals surface area contributed by atoms with Gasteiger partial charge in [0.2, 0.25) is 0 Å². The van der Waals surface area contributed by atoms with E-state index in [1.807, 2.05) is 22.8 Å². The smallest absolute Gasteiger partial charge is 0.0850 e. The number of hydrogen-bond donors (Lipinski definition) is 0. The first-order valence-corrected chi connectivity index (χ1v) is 9.74. The van der Waals surface area contributed by atoms with Gasteiger partial charge in [-0.05, 0) is 0 Å². The van der Waals surface area contributed by atoms with Gasteiger partial charge in [0.05, 0.1) is 4.44 Å². The van der Waals surface area contributed by atoms with Crippen molar-refractivity contribution in [1.29, 1.82) is 0 Å². The molecule has 12 heavy (non-hydrogen) atoms. The Labute approximate surface area is 86.0 Å². The molecule has 1 saturated heterocycles. The first kappa shape index (κ1) is 9.14. The lowest BCUT2D eigenvalue weighted by Gasteiger charge is -2.12. The molecule has 0 atom stereocenters. The first-order valence-electron chi connectivity index (χ1n) is 3.76. The normalized spacial score (nSPS) is 21.0. The van der Waals surface area contributed by atoms with Crippen molar-refractivity contribution >= 4 is 44.3 Å². The van der Waals surface area contributed by atoms with E-state index in [4.69, 9.17) is 11.8 Å². The van der Waals surface area contributed by atoms with E-state index in [-0.39, 0.29) is 0 Å². The summed E-state index contributed by atoms with van der Waals surface area (Å²) in [4.78, 5) is 0. The van der Waals surface area contributed by atoms with Gasteiger partial charge < -0.3 is 0 Å². The maximum atomic E-state index is 5.67. The molecule has 1 aromatic rings. The van der Waals surface area contributed by atoms with Gasteiger partial charge in [-0.1, -0.05) is 42.1 Å². The van der Waals surface area contributed by atoms with E-state index in [0.29, 0.717) is 0 Å². The predicted molar refractivity (Wildman–Crippen MR) is 65.3 cm³/mol. The highest BCUT2D eigenvalue weighted by Crippen LogP contribution is 2.72. The van der Waals surface area contributed by atoms with Crippen LogP contribution in [0.5, 0.6) is 0 Å². The Kier molecular flexibility index (Phi) is 2.85. The molecule has 1 aliphatic rings. The topological polar surface area (TPSA) is 0 Å². The van der Waals surface area contributed by atoms with Crippen molar-refractivity contribution in [3.8, 4) is 0 Å². The number of rotatable bonds is 1. The highest BCUT2D eigenvalue weighted by molar-refractivity contribution is 9.03. The quantitative estimate of drug-likeness (QED) is 0.683. The van der Waals surface area contributed by atoms with Gasteiger partial charge in [0, 0.05) is 16.8 Å². The van der Waals surface area contributed by atoms with E-state index in [1.54, 1.807) is 0 Å². The number of benzene rings is 1. The maximum absolute atomic E-state index is 5.67. The minimum absolute atomic E-state index is 1.23. The minimum atomic E-state index is -1.26. The highest BCUT2D eigenvalue weighted by Gasteiger charge is 2.25. The zero-order chi connectivity index (χ0) is 8.44. The predicted octanol–water partition coefficient (Wildman–Crippen LogP) is 3.10. The molecule has 0 amide bonds. The van der Waals surface area contributed by atoms with Crippen molar-refractivity contribution in [2.24, 2.45) is 0 Å². The molecule has 0 aliphatic carbocycles. The van der Waals surface area contributed by atoms with Crippen molar-refractivity contribution in [3.05, 3.63) is 30.3 Å². The second-order valence-corrected chi connectivity index (χ2v) is 13.9. The third-order valence-electron chi connectivity index (χ3n) is 1.68. The second-order valence-electron chi connectivity index (χ2n) is 2.50. The average molecular weight is 232 g/mol. The maximum Gasteiger partial charge on any atom is 0.0850 e. The molecule has 0 bridgehead atoms. The summed E-state index contributed by atoms with van der Waals surface area (Å²) in [6.07, 6.45) is 0. The lowest BCUT2D eigenvalue weighted by Crippen LogP contribution is -1.95. The fourth-order valence-corrected chi connectivity index (χ4v) is 11.5. The van der Waals surface area contributed by atoms with Crippen LogP contribution in [0, 0.1) is 0 Å². The van der Waals surface area contributed by atoms with Crippen LogP contribution >= 0.6 is 27.2 Å². The van der Waals surface area contributed by atoms with Crippen LogP contribution in [0.1, 0.15) is 0 Å². The van der Waals surface area contributed by atoms with Crippen LogP contribution in [-0.2, 0) is 11.8 Å². The number of hydrogen-bond acceptors (Lipinski definition) is 3. The van der Waals surface area contributed by atoms with Crippen molar-refractivity contribution in [2.45, 2.75) is 0 Å². The molecule has 64 valence electrons. The summed E-state index contributed by atoms with van der Waals surface area (Å²) in [6.45, 7) is 0. The summed E-state index contributed by atoms with van der Waals surface area (Å²) in [7, 11) is 0. The van der Waals surface area contributed by atoms with Gasteiger partial charge in [-0.2, -0.15) is 0 Å². The summed E-state index contributed by atoms with van der Waals surface area (Å²) in [6, 6.07) is 10.6. The van der Waals surface area contributed by atoms with Crippen molar-refractivity contribution in [2.75, 3.05) is 11.5 Å². The molecule has 0 unspecified atom stereocenters. The molecule has 1 heterocycles.